The van der Waals surface area contributed by atoms with Gasteiger partial charge in [0.1, 0.15) is 5.75 Å². The van der Waals surface area contributed by atoms with Crippen LogP contribution in [-0.4, -0.2) is 25.6 Å². The second-order valence-electron chi connectivity index (χ2n) is 6.59. The Bertz CT molecular complexity index is 476. The van der Waals surface area contributed by atoms with Gasteiger partial charge in [0.15, 0.2) is 0 Å². The lowest BCUT2D eigenvalue weighted by Gasteiger charge is -2.27. The summed E-state index contributed by atoms with van der Waals surface area (Å²) in [7, 11) is 4.00. The molecule has 3 unspecified atom stereocenters. The van der Waals surface area contributed by atoms with Crippen molar-refractivity contribution in [2.45, 2.75) is 32.2 Å². The molecule has 0 heterocycles. The molecule has 0 N–H and O–H groups in total. The molecule has 3 rings (SSSR count). The van der Waals surface area contributed by atoms with Crippen molar-refractivity contribution in [3.63, 3.8) is 0 Å². The van der Waals surface area contributed by atoms with Gasteiger partial charge in [0.05, 0.1) is 7.11 Å². The summed E-state index contributed by atoms with van der Waals surface area (Å²) in [5.74, 6) is 3.97. The van der Waals surface area contributed by atoms with E-state index in [2.05, 4.69) is 33.9 Å². The summed E-state index contributed by atoms with van der Waals surface area (Å²) in [6, 6.07) is 6.26. The lowest BCUT2D eigenvalue weighted by atomic mass is 9.88. The van der Waals surface area contributed by atoms with Crippen LogP contribution in [0.1, 0.15) is 31.2 Å². The first-order valence-corrected chi connectivity index (χ1v) is 8.46. The molecule has 2 nitrogen and oxygen atoms in total. The van der Waals surface area contributed by atoms with Gasteiger partial charge in [-0.05, 0) is 62.3 Å². The Morgan fingerprint density at radius 3 is 2.80 bits per heavy atom. The molecule has 0 radical (unpaired) electrons. The van der Waals surface area contributed by atoms with E-state index in [0.29, 0.717) is 0 Å². The highest BCUT2D eigenvalue weighted by Gasteiger charge is 2.39. The second-order valence-corrected chi connectivity index (χ2v) is 7.50. The van der Waals surface area contributed by atoms with Gasteiger partial charge >= 0.3 is 0 Å². The lowest BCUT2D eigenvalue weighted by molar-refractivity contribution is 0.213. The van der Waals surface area contributed by atoms with E-state index in [1.54, 1.807) is 7.11 Å². The summed E-state index contributed by atoms with van der Waals surface area (Å²) in [6.07, 6.45) is 5.93. The summed E-state index contributed by atoms with van der Waals surface area (Å²) in [4.78, 5) is 2.47. The van der Waals surface area contributed by atoms with Crippen molar-refractivity contribution in [3.8, 4) is 5.75 Å². The van der Waals surface area contributed by atoms with Crippen LogP contribution in [0.25, 0.3) is 0 Å². The minimum atomic E-state index is 0.928. The van der Waals surface area contributed by atoms with Gasteiger partial charge in [0, 0.05) is 23.1 Å². The van der Waals surface area contributed by atoms with Crippen molar-refractivity contribution in [1.82, 2.24) is 4.90 Å². The second kappa shape index (κ2) is 6.07. The maximum absolute atomic E-state index is 5.47. The average Bonchev–Trinajstić information content (AvgIpc) is 3.01. The highest BCUT2D eigenvalue weighted by molar-refractivity contribution is 9.10. The molecule has 0 saturated heterocycles. The maximum Gasteiger partial charge on any atom is 0.123 e. The molecule has 2 aliphatic rings. The molecular formula is C17H24BrNO. The van der Waals surface area contributed by atoms with Crippen LogP contribution < -0.4 is 4.74 Å². The number of halogens is 1. The smallest absolute Gasteiger partial charge is 0.123 e. The van der Waals surface area contributed by atoms with Crippen molar-refractivity contribution in [2.75, 3.05) is 20.7 Å². The van der Waals surface area contributed by atoms with Crippen molar-refractivity contribution >= 4 is 15.9 Å². The van der Waals surface area contributed by atoms with Crippen molar-refractivity contribution < 1.29 is 4.74 Å². The SMILES string of the molecule is COc1ccc(Br)cc1CN(C)CC1CC2CCC1C2. The van der Waals surface area contributed by atoms with Gasteiger partial charge in [-0.3, -0.25) is 0 Å². The van der Waals surface area contributed by atoms with E-state index in [9.17, 15) is 0 Å². The van der Waals surface area contributed by atoms with Crippen LogP contribution in [0.5, 0.6) is 5.75 Å². The quantitative estimate of drug-likeness (QED) is 0.793. The molecule has 2 saturated carbocycles. The number of hydrogen-bond acceptors (Lipinski definition) is 2. The maximum atomic E-state index is 5.47. The van der Waals surface area contributed by atoms with Crippen LogP contribution in [0.4, 0.5) is 0 Å². The van der Waals surface area contributed by atoms with Crippen LogP contribution in [0.2, 0.25) is 0 Å². The lowest BCUT2D eigenvalue weighted by Crippen LogP contribution is -2.28. The Hall–Kier alpha value is -0.540. The predicted molar refractivity (Wildman–Crippen MR) is 86.0 cm³/mol. The first-order valence-electron chi connectivity index (χ1n) is 7.66. The van der Waals surface area contributed by atoms with Crippen molar-refractivity contribution in [2.24, 2.45) is 17.8 Å². The minimum Gasteiger partial charge on any atom is -0.496 e. The molecule has 0 aliphatic heterocycles. The van der Waals surface area contributed by atoms with Crippen LogP contribution in [-0.2, 0) is 6.54 Å². The van der Waals surface area contributed by atoms with E-state index in [1.807, 2.05) is 12.1 Å². The van der Waals surface area contributed by atoms with Gasteiger partial charge in [0.25, 0.3) is 0 Å². The number of ether oxygens (including phenoxy) is 1. The first kappa shape index (κ1) is 14.4. The predicted octanol–water partition coefficient (Wildman–Crippen LogP) is 4.33. The van der Waals surface area contributed by atoms with E-state index in [4.69, 9.17) is 4.74 Å². The highest BCUT2D eigenvalue weighted by atomic mass is 79.9. The Balaban J connectivity index is 1.61. The molecule has 2 bridgehead atoms. The fraction of sp³-hybridized carbons (Fsp3) is 0.647. The molecule has 0 amide bonds. The molecular weight excluding hydrogens is 314 g/mol. The van der Waals surface area contributed by atoms with E-state index in [0.717, 1.165) is 34.5 Å². The van der Waals surface area contributed by atoms with Crippen LogP contribution >= 0.6 is 15.9 Å². The molecule has 110 valence electrons. The summed E-state index contributed by atoms with van der Waals surface area (Å²) >= 11 is 3.56. The van der Waals surface area contributed by atoms with E-state index in [1.165, 1.54) is 37.8 Å². The van der Waals surface area contributed by atoms with Crippen LogP contribution in [0.15, 0.2) is 22.7 Å². The van der Waals surface area contributed by atoms with Gasteiger partial charge in [-0.1, -0.05) is 22.4 Å². The van der Waals surface area contributed by atoms with E-state index >= 15 is 0 Å². The largest absolute Gasteiger partial charge is 0.496 e. The summed E-state index contributed by atoms with van der Waals surface area (Å²) in [5, 5.41) is 0. The van der Waals surface area contributed by atoms with Gasteiger partial charge in [-0.15, -0.1) is 0 Å². The zero-order chi connectivity index (χ0) is 14.1. The summed E-state index contributed by atoms with van der Waals surface area (Å²) < 4.78 is 6.60. The molecule has 20 heavy (non-hydrogen) atoms. The summed E-state index contributed by atoms with van der Waals surface area (Å²) in [6.45, 7) is 2.20. The van der Waals surface area contributed by atoms with Crippen LogP contribution in [0, 0.1) is 17.8 Å². The Labute approximate surface area is 130 Å². The zero-order valence-corrected chi connectivity index (χ0v) is 14.0. The normalized spacial score (nSPS) is 28.3. The summed E-state index contributed by atoms with van der Waals surface area (Å²) in [5.41, 5.74) is 1.27. The molecule has 3 heteroatoms. The Morgan fingerprint density at radius 1 is 1.30 bits per heavy atom. The number of methoxy groups -OCH3 is 1. The molecule has 1 aromatic carbocycles. The number of benzene rings is 1. The molecule has 2 fully saturated rings. The van der Waals surface area contributed by atoms with Gasteiger partial charge in [0.2, 0.25) is 0 Å². The van der Waals surface area contributed by atoms with Crippen molar-refractivity contribution in [3.05, 3.63) is 28.2 Å². The van der Waals surface area contributed by atoms with Gasteiger partial charge < -0.3 is 9.64 Å². The molecule has 0 spiro atoms. The topological polar surface area (TPSA) is 12.5 Å². The number of rotatable bonds is 5. The first-order chi connectivity index (χ1) is 9.65. The molecule has 1 aromatic rings. The molecule has 0 aromatic heterocycles. The Morgan fingerprint density at radius 2 is 2.15 bits per heavy atom. The fourth-order valence-electron chi connectivity index (χ4n) is 4.23. The molecule has 3 atom stereocenters. The number of hydrogen-bond donors (Lipinski definition) is 0. The Kier molecular flexibility index (Phi) is 4.37. The standard InChI is InChI=1S/C17H24BrNO/c1-19(10-14-8-12-3-4-13(14)7-12)11-15-9-16(18)5-6-17(15)20-2/h5-6,9,12-14H,3-4,7-8,10-11H2,1-2H3. The highest BCUT2D eigenvalue weighted by Crippen LogP contribution is 2.48. The molecule has 2 aliphatic carbocycles. The van der Waals surface area contributed by atoms with Crippen molar-refractivity contribution in [1.29, 1.82) is 0 Å². The van der Waals surface area contributed by atoms with E-state index in [-0.39, 0.29) is 0 Å². The van der Waals surface area contributed by atoms with E-state index < -0.39 is 0 Å². The fourth-order valence-corrected chi connectivity index (χ4v) is 4.63. The van der Waals surface area contributed by atoms with Gasteiger partial charge in [-0.25, -0.2) is 0 Å². The average molecular weight is 338 g/mol. The third-order valence-corrected chi connectivity index (χ3v) is 5.61. The number of fused-ring (bicyclic) bond motifs is 2. The third kappa shape index (κ3) is 3.04. The number of nitrogens with zero attached hydrogens (tertiary/aromatic N) is 1. The van der Waals surface area contributed by atoms with Gasteiger partial charge in [-0.2, -0.15) is 0 Å². The van der Waals surface area contributed by atoms with Crippen LogP contribution in [0.3, 0.4) is 0 Å². The third-order valence-electron chi connectivity index (χ3n) is 5.11. The zero-order valence-electron chi connectivity index (χ0n) is 12.4. The monoisotopic (exact) mass is 337 g/mol. The minimum absolute atomic E-state index is 0.928.